The Labute approximate surface area is 203 Å². The molecule has 0 aliphatic carbocycles. The van der Waals surface area contributed by atoms with Crippen LogP contribution in [0.4, 0.5) is 5.82 Å². The van der Waals surface area contributed by atoms with E-state index < -0.39 is 0 Å². The van der Waals surface area contributed by atoms with Crippen LogP contribution in [0, 0.1) is 5.92 Å². The number of nitrogens with two attached hydrogens (primary N) is 1. The molecule has 1 aliphatic rings. The first kappa shape index (κ1) is 22.4. The van der Waals surface area contributed by atoms with E-state index in [1.807, 2.05) is 22.1 Å². The Morgan fingerprint density at radius 2 is 2.09 bits per heavy atom. The molecule has 4 heterocycles. The highest BCUT2D eigenvalue weighted by atomic mass is 32.2. The number of benzene rings is 1. The molecule has 0 radical (unpaired) electrons. The van der Waals surface area contributed by atoms with Gasteiger partial charge in [0.25, 0.3) is 0 Å². The number of nitrogens with one attached hydrogen (secondary N) is 1. The minimum absolute atomic E-state index is 0.0277. The van der Waals surface area contributed by atoms with Crippen molar-refractivity contribution in [2.45, 2.75) is 36.9 Å². The second kappa shape index (κ2) is 9.47. The number of nitrogen functional groups attached to an aromatic ring is 1. The summed E-state index contributed by atoms with van der Waals surface area (Å²) >= 11 is 2.97. The molecule has 0 bridgehead atoms. The SMILES string of the molecule is CC(C)CNC(=O)CCn1c(Sc2cc3c(cc2-c2nccs2)OCO3)nc2c(N)ncnc21. The van der Waals surface area contributed by atoms with E-state index in [1.165, 1.54) is 29.4 Å². The second-order valence-corrected chi connectivity index (χ2v) is 9.97. The van der Waals surface area contributed by atoms with Gasteiger partial charge in [0.2, 0.25) is 12.7 Å². The molecule has 1 amide bonds. The second-order valence-electron chi connectivity index (χ2n) is 8.07. The number of aromatic nitrogens is 5. The standard InChI is InChI=1S/C22H23N7O3S2/c1-12(2)9-25-17(30)3-5-29-20-18(19(23)26-10-27-20)28-22(29)34-16-8-15-14(31-11-32-15)7-13(16)21-24-4-6-33-21/h4,6-8,10,12H,3,5,9,11H2,1-2H3,(H,25,30)(H2,23,26,27). The monoisotopic (exact) mass is 497 g/mol. The third-order valence-electron chi connectivity index (χ3n) is 5.13. The molecule has 4 aromatic rings. The Morgan fingerprint density at radius 3 is 2.85 bits per heavy atom. The number of rotatable bonds is 8. The van der Waals surface area contributed by atoms with Gasteiger partial charge in [0.1, 0.15) is 11.3 Å². The molecule has 1 aliphatic heterocycles. The zero-order valence-corrected chi connectivity index (χ0v) is 20.3. The molecule has 3 aromatic heterocycles. The number of hydrogen-bond acceptors (Lipinski definition) is 10. The largest absolute Gasteiger partial charge is 0.454 e. The molecule has 5 rings (SSSR count). The van der Waals surface area contributed by atoms with Crippen molar-refractivity contribution in [1.29, 1.82) is 0 Å². The summed E-state index contributed by atoms with van der Waals surface area (Å²) in [6.45, 7) is 5.33. The number of thiazole rings is 1. The van der Waals surface area contributed by atoms with Crippen molar-refractivity contribution in [3.8, 4) is 22.1 Å². The maximum Gasteiger partial charge on any atom is 0.231 e. The highest BCUT2D eigenvalue weighted by Gasteiger charge is 2.23. The zero-order valence-electron chi connectivity index (χ0n) is 18.6. The van der Waals surface area contributed by atoms with E-state index >= 15 is 0 Å². The van der Waals surface area contributed by atoms with Crippen LogP contribution in [0.1, 0.15) is 20.3 Å². The minimum Gasteiger partial charge on any atom is -0.454 e. The Balaban J connectivity index is 1.51. The first-order valence-corrected chi connectivity index (χ1v) is 12.4. The summed E-state index contributed by atoms with van der Waals surface area (Å²) in [5, 5.41) is 6.39. The van der Waals surface area contributed by atoms with Crippen LogP contribution in [0.2, 0.25) is 0 Å². The Kier molecular flexibility index (Phi) is 6.24. The Hall–Kier alpha value is -3.38. The summed E-state index contributed by atoms with van der Waals surface area (Å²) in [7, 11) is 0. The molecule has 176 valence electrons. The van der Waals surface area contributed by atoms with Crippen molar-refractivity contribution in [3.05, 3.63) is 30.0 Å². The predicted octanol–water partition coefficient (Wildman–Crippen LogP) is 3.57. The van der Waals surface area contributed by atoms with E-state index in [4.69, 9.17) is 20.2 Å². The van der Waals surface area contributed by atoms with Crippen molar-refractivity contribution in [3.63, 3.8) is 0 Å². The normalized spacial score (nSPS) is 12.6. The third kappa shape index (κ3) is 4.50. The van der Waals surface area contributed by atoms with Crippen LogP contribution in [0.15, 0.2) is 40.1 Å². The fraction of sp³-hybridized carbons (Fsp3) is 0.318. The molecule has 3 N–H and O–H groups in total. The first-order valence-electron chi connectivity index (χ1n) is 10.7. The molecule has 0 fully saturated rings. The van der Waals surface area contributed by atoms with Crippen LogP contribution in [0.25, 0.3) is 21.7 Å². The first-order chi connectivity index (χ1) is 16.5. The lowest BCUT2D eigenvalue weighted by molar-refractivity contribution is -0.121. The van der Waals surface area contributed by atoms with Crippen LogP contribution < -0.4 is 20.5 Å². The lowest BCUT2D eigenvalue weighted by Crippen LogP contribution is -2.28. The van der Waals surface area contributed by atoms with Gasteiger partial charge in [-0.1, -0.05) is 25.6 Å². The van der Waals surface area contributed by atoms with Crippen molar-refractivity contribution in [2.24, 2.45) is 5.92 Å². The zero-order chi connectivity index (χ0) is 23.7. The van der Waals surface area contributed by atoms with Gasteiger partial charge in [-0.25, -0.2) is 19.9 Å². The number of carbonyl (C=O) groups excluding carboxylic acids is 1. The Bertz CT molecular complexity index is 1340. The van der Waals surface area contributed by atoms with E-state index in [0.29, 0.717) is 52.6 Å². The lowest BCUT2D eigenvalue weighted by Gasteiger charge is -2.12. The summed E-state index contributed by atoms with van der Waals surface area (Å²) in [6, 6.07) is 3.86. The van der Waals surface area contributed by atoms with Crippen LogP contribution >= 0.6 is 23.1 Å². The van der Waals surface area contributed by atoms with Gasteiger partial charge in [-0.05, 0) is 18.1 Å². The highest BCUT2D eigenvalue weighted by Crippen LogP contribution is 2.45. The summed E-state index contributed by atoms with van der Waals surface area (Å²) < 4.78 is 13.1. The van der Waals surface area contributed by atoms with E-state index in [1.54, 1.807) is 6.20 Å². The van der Waals surface area contributed by atoms with Gasteiger partial charge in [-0.3, -0.25) is 4.79 Å². The van der Waals surface area contributed by atoms with Gasteiger partial charge in [0, 0.05) is 41.5 Å². The number of ether oxygens (including phenoxy) is 2. The number of amides is 1. The average Bonchev–Trinajstić information content (AvgIpc) is 3.56. The van der Waals surface area contributed by atoms with Gasteiger partial charge < -0.3 is 25.1 Å². The van der Waals surface area contributed by atoms with Crippen LogP contribution in [-0.4, -0.2) is 43.7 Å². The van der Waals surface area contributed by atoms with Crippen molar-refractivity contribution >= 4 is 46.0 Å². The van der Waals surface area contributed by atoms with Crippen molar-refractivity contribution in [2.75, 3.05) is 19.1 Å². The van der Waals surface area contributed by atoms with Gasteiger partial charge in [-0.2, -0.15) is 0 Å². The maximum atomic E-state index is 12.4. The molecular weight excluding hydrogens is 474 g/mol. The maximum absolute atomic E-state index is 12.4. The smallest absolute Gasteiger partial charge is 0.231 e. The van der Waals surface area contributed by atoms with Crippen LogP contribution in [0.5, 0.6) is 11.5 Å². The quantitative estimate of drug-likeness (QED) is 0.375. The number of nitrogens with zero attached hydrogens (tertiary/aromatic N) is 5. The number of aryl methyl sites for hydroxylation is 1. The minimum atomic E-state index is -0.0277. The van der Waals surface area contributed by atoms with E-state index in [0.717, 1.165) is 15.5 Å². The Morgan fingerprint density at radius 1 is 1.26 bits per heavy atom. The lowest BCUT2D eigenvalue weighted by atomic mass is 10.2. The van der Waals surface area contributed by atoms with Gasteiger partial charge >= 0.3 is 0 Å². The van der Waals surface area contributed by atoms with Crippen molar-refractivity contribution in [1.82, 2.24) is 29.8 Å². The number of imidazole rings is 1. The van der Waals surface area contributed by atoms with Crippen molar-refractivity contribution < 1.29 is 14.3 Å². The van der Waals surface area contributed by atoms with E-state index in [-0.39, 0.29) is 19.1 Å². The van der Waals surface area contributed by atoms with Gasteiger partial charge in [0.05, 0.1) is 0 Å². The molecule has 0 atom stereocenters. The molecule has 0 spiro atoms. The molecule has 0 saturated heterocycles. The fourth-order valence-electron chi connectivity index (χ4n) is 3.46. The molecule has 0 unspecified atom stereocenters. The molecule has 10 nitrogen and oxygen atoms in total. The van der Waals surface area contributed by atoms with Gasteiger partial charge in [0.15, 0.2) is 33.6 Å². The summed E-state index contributed by atoms with van der Waals surface area (Å²) in [4.78, 5) is 31.0. The average molecular weight is 498 g/mol. The van der Waals surface area contributed by atoms with E-state index in [2.05, 4.69) is 34.1 Å². The topological polar surface area (TPSA) is 130 Å². The summed E-state index contributed by atoms with van der Waals surface area (Å²) in [5.74, 6) is 1.99. The number of fused-ring (bicyclic) bond motifs is 2. The van der Waals surface area contributed by atoms with E-state index in [9.17, 15) is 4.79 Å². The highest BCUT2D eigenvalue weighted by molar-refractivity contribution is 7.99. The number of anilines is 1. The summed E-state index contributed by atoms with van der Waals surface area (Å²) in [5.41, 5.74) is 8.09. The summed E-state index contributed by atoms with van der Waals surface area (Å²) in [6.07, 6.45) is 3.46. The van der Waals surface area contributed by atoms with Crippen LogP contribution in [-0.2, 0) is 11.3 Å². The molecular formula is C22H23N7O3S2. The molecule has 0 saturated carbocycles. The third-order valence-corrected chi connectivity index (χ3v) is 6.99. The van der Waals surface area contributed by atoms with Gasteiger partial charge in [-0.15, -0.1) is 11.3 Å². The number of hydrogen-bond donors (Lipinski definition) is 2. The van der Waals surface area contributed by atoms with Crippen LogP contribution in [0.3, 0.4) is 0 Å². The predicted molar refractivity (Wildman–Crippen MR) is 130 cm³/mol. The number of carbonyl (C=O) groups is 1. The molecule has 12 heteroatoms. The fourth-order valence-corrected chi connectivity index (χ4v) is 5.25. The molecule has 34 heavy (non-hydrogen) atoms. The molecule has 1 aromatic carbocycles.